The van der Waals surface area contributed by atoms with Crippen molar-refractivity contribution in [1.29, 1.82) is 0 Å². The Balaban J connectivity index is 2.23. The number of non-ortho nitro benzene ring substituents is 1. The number of carboxylic acid groups (broad SMARTS) is 1. The fourth-order valence-corrected chi connectivity index (χ4v) is 1.57. The molecule has 7 nitrogen and oxygen atoms in total. The van der Waals surface area contributed by atoms with Gasteiger partial charge >= 0.3 is 5.97 Å². The van der Waals surface area contributed by atoms with Crippen LogP contribution >= 0.6 is 0 Å². The Kier molecular flexibility index (Phi) is 3.90. The SMILES string of the molecule is O=C(O)c1cc([N+](=O)[O-])ccc1OCc1cccnc1. The van der Waals surface area contributed by atoms with Crippen molar-refractivity contribution in [3.63, 3.8) is 0 Å². The molecule has 2 rings (SSSR count). The maximum absolute atomic E-state index is 11.1. The molecule has 0 bridgehead atoms. The van der Waals surface area contributed by atoms with Crippen LogP contribution in [0.25, 0.3) is 0 Å². The first kappa shape index (κ1) is 13.5. The monoisotopic (exact) mass is 274 g/mol. The van der Waals surface area contributed by atoms with E-state index in [-0.39, 0.29) is 23.6 Å². The summed E-state index contributed by atoms with van der Waals surface area (Å²) >= 11 is 0. The van der Waals surface area contributed by atoms with Crippen molar-refractivity contribution in [2.75, 3.05) is 0 Å². The molecular weight excluding hydrogens is 264 g/mol. The molecule has 0 saturated heterocycles. The molecule has 0 unspecified atom stereocenters. The van der Waals surface area contributed by atoms with Gasteiger partial charge in [0.25, 0.3) is 5.69 Å². The van der Waals surface area contributed by atoms with Crippen LogP contribution in [0.5, 0.6) is 5.75 Å². The van der Waals surface area contributed by atoms with Crippen molar-refractivity contribution in [2.24, 2.45) is 0 Å². The predicted octanol–water partition coefficient (Wildman–Crippen LogP) is 2.27. The number of nitro groups is 1. The highest BCUT2D eigenvalue weighted by Gasteiger charge is 2.17. The number of hydrogen-bond donors (Lipinski definition) is 1. The summed E-state index contributed by atoms with van der Waals surface area (Å²) in [6, 6.07) is 6.95. The smallest absolute Gasteiger partial charge is 0.339 e. The number of carboxylic acids is 1. The zero-order chi connectivity index (χ0) is 14.5. The number of hydrogen-bond acceptors (Lipinski definition) is 5. The molecule has 1 aromatic carbocycles. The van der Waals surface area contributed by atoms with Gasteiger partial charge in [0, 0.05) is 30.1 Å². The van der Waals surface area contributed by atoms with Crippen LogP contribution in [0.3, 0.4) is 0 Å². The Morgan fingerprint density at radius 3 is 2.80 bits per heavy atom. The largest absolute Gasteiger partial charge is 0.488 e. The number of nitro benzene ring substituents is 1. The second-order valence-corrected chi connectivity index (χ2v) is 3.89. The Labute approximate surface area is 113 Å². The third-order valence-electron chi connectivity index (χ3n) is 2.52. The summed E-state index contributed by atoms with van der Waals surface area (Å²) in [4.78, 5) is 25.0. The molecule has 0 spiro atoms. The van der Waals surface area contributed by atoms with Gasteiger partial charge in [-0.25, -0.2) is 4.79 Å². The van der Waals surface area contributed by atoms with Crippen molar-refractivity contribution in [3.05, 3.63) is 64.0 Å². The number of aromatic nitrogens is 1. The summed E-state index contributed by atoms with van der Waals surface area (Å²) in [5, 5.41) is 19.7. The lowest BCUT2D eigenvalue weighted by molar-refractivity contribution is -0.384. The zero-order valence-corrected chi connectivity index (χ0v) is 10.2. The van der Waals surface area contributed by atoms with Crippen LogP contribution in [0.2, 0.25) is 0 Å². The normalized spacial score (nSPS) is 10.0. The van der Waals surface area contributed by atoms with E-state index >= 15 is 0 Å². The highest BCUT2D eigenvalue weighted by atomic mass is 16.6. The molecule has 0 aliphatic rings. The van der Waals surface area contributed by atoms with E-state index in [1.807, 2.05) is 0 Å². The van der Waals surface area contributed by atoms with Gasteiger partial charge in [0.15, 0.2) is 0 Å². The second-order valence-electron chi connectivity index (χ2n) is 3.89. The molecule has 1 aromatic heterocycles. The molecule has 0 fully saturated rings. The summed E-state index contributed by atoms with van der Waals surface area (Å²) in [6.07, 6.45) is 3.20. The zero-order valence-electron chi connectivity index (χ0n) is 10.2. The highest BCUT2D eigenvalue weighted by molar-refractivity contribution is 5.91. The van der Waals surface area contributed by atoms with E-state index in [0.717, 1.165) is 11.6 Å². The molecule has 1 heterocycles. The number of aromatic carboxylic acids is 1. The molecule has 0 amide bonds. The maximum atomic E-state index is 11.1. The standard InChI is InChI=1S/C13H10N2O5/c16-13(17)11-6-10(15(18)19)3-4-12(11)20-8-9-2-1-5-14-7-9/h1-7H,8H2,(H,16,17). The van der Waals surface area contributed by atoms with Crippen molar-refractivity contribution in [1.82, 2.24) is 4.98 Å². The first-order valence-corrected chi connectivity index (χ1v) is 5.61. The van der Waals surface area contributed by atoms with Gasteiger partial charge in [-0.2, -0.15) is 0 Å². The first-order chi connectivity index (χ1) is 9.58. The van der Waals surface area contributed by atoms with Gasteiger partial charge < -0.3 is 9.84 Å². The Hall–Kier alpha value is -2.96. The average Bonchev–Trinajstić information content (AvgIpc) is 2.45. The third-order valence-corrected chi connectivity index (χ3v) is 2.52. The predicted molar refractivity (Wildman–Crippen MR) is 68.6 cm³/mol. The van der Waals surface area contributed by atoms with Crippen LogP contribution in [0.15, 0.2) is 42.7 Å². The Morgan fingerprint density at radius 1 is 1.40 bits per heavy atom. The fraction of sp³-hybridized carbons (Fsp3) is 0.0769. The molecule has 1 N–H and O–H groups in total. The molecule has 102 valence electrons. The van der Waals surface area contributed by atoms with E-state index in [0.29, 0.717) is 0 Å². The lowest BCUT2D eigenvalue weighted by atomic mass is 10.2. The molecule has 0 aliphatic carbocycles. The number of carbonyl (C=O) groups is 1. The van der Waals surface area contributed by atoms with Crippen molar-refractivity contribution < 1.29 is 19.6 Å². The van der Waals surface area contributed by atoms with Crippen LogP contribution in [0.4, 0.5) is 5.69 Å². The molecule has 20 heavy (non-hydrogen) atoms. The Bertz CT molecular complexity index is 642. The third kappa shape index (κ3) is 3.08. The van der Waals surface area contributed by atoms with Gasteiger partial charge in [0.1, 0.15) is 17.9 Å². The van der Waals surface area contributed by atoms with Gasteiger partial charge in [-0.1, -0.05) is 6.07 Å². The summed E-state index contributed by atoms with van der Waals surface area (Å²) < 4.78 is 5.38. The van der Waals surface area contributed by atoms with Crippen molar-refractivity contribution in [3.8, 4) is 5.75 Å². The molecule has 7 heteroatoms. The minimum absolute atomic E-state index is 0.0759. The van der Waals surface area contributed by atoms with E-state index in [1.165, 1.54) is 12.1 Å². The summed E-state index contributed by atoms with van der Waals surface area (Å²) in [5.41, 5.74) is 0.224. The topological polar surface area (TPSA) is 103 Å². The number of benzene rings is 1. The quantitative estimate of drug-likeness (QED) is 0.662. The van der Waals surface area contributed by atoms with E-state index in [9.17, 15) is 14.9 Å². The summed E-state index contributed by atoms with van der Waals surface area (Å²) in [6.45, 7) is 0.131. The molecular formula is C13H10N2O5. The second kappa shape index (κ2) is 5.79. The van der Waals surface area contributed by atoms with Gasteiger partial charge in [0.05, 0.1) is 4.92 Å². The number of pyridine rings is 1. The molecule has 0 atom stereocenters. The van der Waals surface area contributed by atoms with E-state index in [1.54, 1.807) is 24.5 Å². The van der Waals surface area contributed by atoms with Crippen LogP contribution in [0, 0.1) is 10.1 Å². The van der Waals surface area contributed by atoms with E-state index in [4.69, 9.17) is 9.84 Å². The van der Waals surface area contributed by atoms with Crippen LogP contribution < -0.4 is 4.74 Å². The van der Waals surface area contributed by atoms with Gasteiger partial charge in [-0.05, 0) is 12.1 Å². The van der Waals surface area contributed by atoms with Crippen LogP contribution in [-0.2, 0) is 6.61 Å². The number of nitrogens with zero attached hydrogens (tertiary/aromatic N) is 2. The fourth-order valence-electron chi connectivity index (χ4n) is 1.57. The van der Waals surface area contributed by atoms with Crippen molar-refractivity contribution in [2.45, 2.75) is 6.61 Å². The lowest BCUT2D eigenvalue weighted by Gasteiger charge is -2.08. The number of rotatable bonds is 5. The molecule has 0 aliphatic heterocycles. The summed E-state index contributed by atoms with van der Waals surface area (Å²) in [5.74, 6) is -1.21. The minimum atomic E-state index is -1.28. The maximum Gasteiger partial charge on any atom is 0.339 e. The minimum Gasteiger partial charge on any atom is -0.488 e. The highest BCUT2D eigenvalue weighted by Crippen LogP contribution is 2.25. The van der Waals surface area contributed by atoms with Gasteiger partial charge in [-0.15, -0.1) is 0 Å². The Morgan fingerprint density at radius 2 is 2.20 bits per heavy atom. The van der Waals surface area contributed by atoms with Crippen LogP contribution in [-0.4, -0.2) is 21.0 Å². The van der Waals surface area contributed by atoms with E-state index in [2.05, 4.69) is 4.98 Å². The van der Waals surface area contributed by atoms with Gasteiger partial charge in [-0.3, -0.25) is 15.1 Å². The number of ether oxygens (including phenoxy) is 1. The molecule has 0 radical (unpaired) electrons. The molecule has 2 aromatic rings. The lowest BCUT2D eigenvalue weighted by Crippen LogP contribution is -2.04. The average molecular weight is 274 g/mol. The van der Waals surface area contributed by atoms with Crippen molar-refractivity contribution >= 4 is 11.7 Å². The van der Waals surface area contributed by atoms with E-state index < -0.39 is 10.9 Å². The molecule has 0 saturated carbocycles. The van der Waals surface area contributed by atoms with Crippen LogP contribution in [0.1, 0.15) is 15.9 Å². The van der Waals surface area contributed by atoms with Gasteiger partial charge in [0.2, 0.25) is 0 Å². The summed E-state index contributed by atoms with van der Waals surface area (Å²) in [7, 11) is 0. The first-order valence-electron chi connectivity index (χ1n) is 5.61.